The predicted octanol–water partition coefficient (Wildman–Crippen LogP) is 5.23. The number of carbonyl (C=O) groups excluding carboxylic acids is 1. The van der Waals surface area contributed by atoms with E-state index in [4.69, 9.17) is 16.3 Å². The number of benzene rings is 2. The van der Waals surface area contributed by atoms with Crippen LogP contribution in [0.3, 0.4) is 0 Å². The Kier molecular flexibility index (Phi) is 6.68. The van der Waals surface area contributed by atoms with Crippen LogP contribution in [0.2, 0.25) is 5.02 Å². The lowest BCUT2D eigenvalue weighted by Crippen LogP contribution is -2.04. The van der Waals surface area contributed by atoms with Gasteiger partial charge in [0.2, 0.25) is 0 Å². The van der Waals surface area contributed by atoms with Crippen molar-refractivity contribution in [3.8, 4) is 16.9 Å². The van der Waals surface area contributed by atoms with Crippen LogP contribution in [-0.4, -0.2) is 17.7 Å². The van der Waals surface area contributed by atoms with Gasteiger partial charge in [-0.3, -0.25) is 4.79 Å². The Labute approximate surface area is 148 Å². The Morgan fingerprint density at radius 1 is 1.17 bits per heavy atom. The van der Waals surface area contributed by atoms with Crippen LogP contribution in [0.1, 0.15) is 32.3 Å². The van der Waals surface area contributed by atoms with Crippen molar-refractivity contribution in [3.63, 3.8) is 0 Å². The minimum atomic E-state index is -0.00694. The highest BCUT2D eigenvalue weighted by Crippen LogP contribution is 2.31. The number of phenols is 1. The van der Waals surface area contributed by atoms with Gasteiger partial charge in [-0.15, -0.1) is 0 Å². The summed E-state index contributed by atoms with van der Waals surface area (Å²) in [6.45, 7) is 4.47. The second-order valence-electron chi connectivity index (χ2n) is 5.74. The van der Waals surface area contributed by atoms with Crippen LogP contribution >= 0.6 is 11.6 Å². The van der Waals surface area contributed by atoms with Gasteiger partial charge in [-0.25, -0.2) is 0 Å². The lowest BCUT2D eigenvalue weighted by molar-refractivity contribution is -0.144. The second kappa shape index (κ2) is 8.74. The first-order valence-corrected chi connectivity index (χ1v) is 8.67. The zero-order valence-electron chi connectivity index (χ0n) is 14.1. The Bertz CT molecular complexity index is 676. The van der Waals surface area contributed by atoms with Crippen molar-refractivity contribution in [2.45, 2.75) is 33.1 Å². The number of halogens is 1. The molecule has 0 unspecified atom stereocenters. The molecule has 1 saturated carbocycles. The summed E-state index contributed by atoms with van der Waals surface area (Å²) >= 11 is 5.91. The van der Waals surface area contributed by atoms with E-state index in [1.165, 1.54) is 5.56 Å². The van der Waals surface area contributed by atoms with E-state index in [0.29, 0.717) is 11.6 Å². The number of phenolic OH excluding ortho intramolecular Hbond substituents is 1. The van der Waals surface area contributed by atoms with Gasteiger partial charge in [-0.1, -0.05) is 42.8 Å². The van der Waals surface area contributed by atoms with Crippen molar-refractivity contribution in [1.82, 2.24) is 0 Å². The third-order valence-corrected chi connectivity index (χ3v) is 4.06. The quantitative estimate of drug-likeness (QED) is 0.770. The van der Waals surface area contributed by atoms with Gasteiger partial charge in [0.25, 0.3) is 0 Å². The molecule has 1 N–H and O–H groups in total. The van der Waals surface area contributed by atoms with Crippen LogP contribution in [0.4, 0.5) is 0 Å². The number of aryl methyl sites for hydroxylation is 1. The molecule has 2 aromatic rings. The minimum Gasteiger partial charge on any atom is -0.507 e. The maximum Gasteiger partial charge on any atom is 0.308 e. The van der Waals surface area contributed by atoms with Crippen LogP contribution in [0.15, 0.2) is 42.5 Å². The summed E-state index contributed by atoms with van der Waals surface area (Å²) in [7, 11) is 0. The standard InChI is InChI=1S/C14H13ClO.C6H10O2/c1-2-10-3-5-11(6-4-10)13-9-12(15)7-8-14(13)16;1-2-8-6(7)5-3-4-5/h3-9,16H,2H2,1H3;5H,2-4H2,1H3. The summed E-state index contributed by atoms with van der Waals surface area (Å²) in [5.41, 5.74) is 3.04. The number of carbonyl (C=O) groups is 1. The molecule has 0 bridgehead atoms. The smallest absolute Gasteiger partial charge is 0.308 e. The molecule has 0 amide bonds. The highest BCUT2D eigenvalue weighted by molar-refractivity contribution is 6.31. The molecular weight excluding hydrogens is 324 g/mol. The number of rotatable bonds is 4. The van der Waals surface area contributed by atoms with Gasteiger partial charge in [-0.2, -0.15) is 0 Å². The Hall–Kier alpha value is -2.00. The zero-order chi connectivity index (χ0) is 17.5. The van der Waals surface area contributed by atoms with Crippen LogP contribution in [0.25, 0.3) is 11.1 Å². The van der Waals surface area contributed by atoms with Crippen molar-refractivity contribution in [2.24, 2.45) is 5.92 Å². The van der Waals surface area contributed by atoms with Crippen molar-refractivity contribution in [1.29, 1.82) is 0 Å². The predicted molar refractivity (Wildman–Crippen MR) is 97.3 cm³/mol. The summed E-state index contributed by atoms with van der Waals surface area (Å²) in [6.07, 6.45) is 3.10. The molecule has 24 heavy (non-hydrogen) atoms. The summed E-state index contributed by atoms with van der Waals surface area (Å²) in [5.74, 6) is 0.510. The molecule has 0 heterocycles. The van der Waals surface area contributed by atoms with E-state index >= 15 is 0 Å². The third kappa shape index (κ3) is 5.27. The van der Waals surface area contributed by atoms with Crippen molar-refractivity contribution in [2.75, 3.05) is 6.61 Å². The van der Waals surface area contributed by atoms with E-state index < -0.39 is 0 Å². The van der Waals surface area contributed by atoms with E-state index in [0.717, 1.165) is 30.4 Å². The molecule has 3 rings (SSSR count). The number of ether oxygens (including phenoxy) is 1. The van der Waals surface area contributed by atoms with Gasteiger partial charge in [0.15, 0.2) is 0 Å². The molecule has 1 aliphatic rings. The number of esters is 1. The number of hydrogen-bond donors (Lipinski definition) is 1. The topological polar surface area (TPSA) is 46.5 Å². The first-order chi connectivity index (χ1) is 11.5. The monoisotopic (exact) mass is 346 g/mol. The summed E-state index contributed by atoms with van der Waals surface area (Å²) in [6, 6.07) is 13.2. The van der Waals surface area contributed by atoms with Crippen LogP contribution in [0.5, 0.6) is 5.75 Å². The molecule has 0 aromatic heterocycles. The zero-order valence-corrected chi connectivity index (χ0v) is 14.8. The number of hydrogen-bond acceptors (Lipinski definition) is 3. The molecule has 2 aromatic carbocycles. The van der Waals surface area contributed by atoms with Crippen molar-refractivity contribution >= 4 is 17.6 Å². The highest BCUT2D eigenvalue weighted by atomic mass is 35.5. The lowest BCUT2D eigenvalue weighted by Gasteiger charge is -2.06. The molecular formula is C20H23ClO3. The molecule has 0 aliphatic heterocycles. The fourth-order valence-corrected chi connectivity index (χ4v) is 2.41. The SMILES string of the molecule is CCOC(=O)C1CC1.CCc1ccc(-c2cc(Cl)ccc2O)cc1. The number of aromatic hydroxyl groups is 1. The van der Waals surface area contributed by atoms with E-state index in [2.05, 4.69) is 19.1 Å². The lowest BCUT2D eigenvalue weighted by atomic mass is 10.0. The normalized spacial score (nSPS) is 13.0. The summed E-state index contributed by atoms with van der Waals surface area (Å²) in [4.78, 5) is 10.6. The average Bonchev–Trinajstić information content (AvgIpc) is 3.43. The van der Waals surface area contributed by atoms with E-state index in [-0.39, 0.29) is 17.6 Å². The van der Waals surface area contributed by atoms with E-state index in [9.17, 15) is 9.90 Å². The molecule has 3 nitrogen and oxygen atoms in total. The van der Waals surface area contributed by atoms with Crippen LogP contribution in [-0.2, 0) is 16.0 Å². The van der Waals surface area contributed by atoms with Crippen LogP contribution in [0, 0.1) is 5.92 Å². The maximum atomic E-state index is 10.6. The molecule has 4 heteroatoms. The molecule has 1 fully saturated rings. The Balaban J connectivity index is 0.000000219. The molecule has 0 atom stereocenters. The van der Waals surface area contributed by atoms with Crippen LogP contribution < -0.4 is 0 Å². The third-order valence-electron chi connectivity index (χ3n) is 3.83. The minimum absolute atomic E-state index is 0.00694. The van der Waals surface area contributed by atoms with Gasteiger partial charge in [0.1, 0.15) is 5.75 Å². The van der Waals surface area contributed by atoms with E-state index in [1.807, 2.05) is 19.1 Å². The average molecular weight is 347 g/mol. The molecule has 1 aliphatic carbocycles. The van der Waals surface area contributed by atoms with Gasteiger partial charge < -0.3 is 9.84 Å². The van der Waals surface area contributed by atoms with E-state index in [1.54, 1.807) is 18.2 Å². The van der Waals surface area contributed by atoms with Crippen molar-refractivity contribution in [3.05, 3.63) is 53.1 Å². The summed E-state index contributed by atoms with van der Waals surface area (Å²) < 4.78 is 4.73. The second-order valence-corrected chi connectivity index (χ2v) is 6.17. The fraction of sp³-hybridized carbons (Fsp3) is 0.350. The Morgan fingerprint density at radius 3 is 2.38 bits per heavy atom. The molecule has 0 spiro atoms. The fourth-order valence-electron chi connectivity index (χ4n) is 2.24. The largest absolute Gasteiger partial charge is 0.507 e. The van der Waals surface area contributed by atoms with Crippen molar-refractivity contribution < 1.29 is 14.6 Å². The first-order valence-electron chi connectivity index (χ1n) is 8.29. The molecule has 0 radical (unpaired) electrons. The molecule has 128 valence electrons. The van der Waals surface area contributed by atoms with Gasteiger partial charge in [-0.05, 0) is 55.5 Å². The Morgan fingerprint density at radius 2 is 1.83 bits per heavy atom. The maximum absolute atomic E-state index is 10.6. The first kappa shape index (κ1) is 18.3. The molecule has 0 saturated heterocycles. The van der Waals surface area contributed by atoms with Gasteiger partial charge in [0, 0.05) is 10.6 Å². The van der Waals surface area contributed by atoms with Gasteiger partial charge in [0.05, 0.1) is 12.5 Å². The summed E-state index contributed by atoms with van der Waals surface area (Å²) in [5, 5.41) is 10.4. The van der Waals surface area contributed by atoms with Gasteiger partial charge >= 0.3 is 5.97 Å². The highest BCUT2D eigenvalue weighted by Gasteiger charge is 2.30.